The van der Waals surface area contributed by atoms with Crippen LogP contribution in [-0.4, -0.2) is 119 Å². The summed E-state index contributed by atoms with van der Waals surface area (Å²) in [6.07, 6.45) is -12.7. The molecule has 2 aliphatic heterocycles. The monoisotopic (exact) mass is 580 g/mol. The summed E-state index contributed by atoms with van der Waals surface area (Å²) in [6.45, 7) is 4.40. The van der Waals surface area contributed by atoms with Gasteiger partial charge in [0, 0.05) is 0 Å². The van der Waals surface area contributed by atoms with Crippen molar-refractivity contribution in [3.63, 3.8) is 0 Å². The number of benzene rings is 2. The molecule has 40 heavy (non-hydrogen) atoms. The van der Waals surface area contributed by atoms with Crippen LogP contribution < -0.4 is 10.4 Å². The van der Waals surface area contributed by atoms with Crippen molar-refractivity contribution in [2.24, 2.45) is 0 Å². The number of aliphatic hydroxyl groups excluding tert-OH is 7. The van der Waals surface area contributed by atoms with Crippen molar-refractivity contribution in [2.45, 2.75) is 80.6 Å². The Labute approximate surface area is 234 Å². The van der Waals surface area contributed by atoms with Gasteiger partial charge in [0.25, 0.3) is 8.32 Å². The van der Waals surface area contributed by atoms with E-state index >= 15 is 0 Å². The van der Waals surface area contributed by atoms with Gasteiger partial charge in [-0.1, -0.05) is 81.4 Å². The Morgan fingerprint density at radius 1 is 0.775 bits per heavy atom. The molecule has 2 fully saturated rings. The van der Waals surface area contributed by atoms with Gasteiger partial charge in [-0.2, -0.15) is 0 Å². The van der Waals surface area contributed by atoms with E-state index in [4.69, 9.17) is 18.6 Å². The third-order valence-electron chi connectivity index (χ3n) is 7.77. The zero-order valence-corrected chi connectivity index (χ0v) is 23.8. The summed E-state index contributed by atoms with van der Waals surface area (Å²) in [5.41, 5.74) is 0. The van der Waals surface area contributed by atoms with E-state index in [1.807, 2.05) is 60.7 Å². The highest BCUT2D eigenvalue weighted by Gasteiger charge is 2.59. The molecule has 7 N–H and O–H groups in total. The molecule has 0 unspecified atom stereocenters. The maximum absolute atomic E-state index is 10.9. The first kappa shape index (κ1) is 31.2. The van der Waals surface area contributed by atoms with Crippen molar-refractivity contribution in [2.75, 3.05) is 19.8 Å². The number of aliphatic hydroxyl groups is 7. The summed E-state index contributed by atoms with van der Waals surface area (Å²) in [4.78, 5) is 0. The second-order valence-corrected chi connectivity index (χ2v) is 15.7. The fraction of sp³-hybridized carbons (Fsp3) is 0.571. The van der Waals surface area contributed by atoms with Gasteiger partial charge in [0.05, 0.1) is 13.2 Å². The highest BCUT2D eigenvalue weighted by molar-refractivity contribution is 6.99. The topological polar surface area (TPSA) is 179 Å². The Hall–Kier alpha value is -1.78. The molecule has 2 aliphatic rings. The van der Waals surface area contributed by atoms with E-state index < -0.39 is 76.3 Å². The molecule has 2 aromatic rings. The van der Waals surface area contributed by atoms with E-state index in [2.05, 4.69) is 20.8 Å². The van der Waals surface area contributed by atoms with Crippen molar-refractivity contribution in [1.29, 1.82) is 0 Å². The third kappa shape index (κ3) is 5.52. The molecule has 0 bridgehead atoms. The lowest BCUT2D eigenvalue weighted by Crippen LogP contribution is -2.68. The first-order valence-corrected chi connectivity index (χ1v) is 15.2. The van der Waals surface area contributed by atoms with Gasteiger partial charge in [0.2, 0.25) is 5.79 Å². The highest BCUT2D eigenvalue weighted by atomic mass is 28.4. The van der Waals surface area contributed by atoms with Crippen LogP contribution in [0.1, 0.15) is 20.8 Å². The zero-order chi connectivity index (χ0) is 29.3. The Balaban J connectivity index is 1.64. The minimum absolute atomic E-state index is 0.199. The quantitative estimate of drug-likeness (QED) is 0.166. The molecule has 2 saturated heterocycles. The molecular formula is C28H40O11Si. The fourth-order valence-corrected chi connectivity index (χ4v) is 10.2. The predicted octanol–water partition coefficient (Wildman–Crippen LogP) is -1.81. The first-order valence-electron chi connectivity index (χ1n) is 13.3. The minimum atomic E-state index is -3.06. The molecule has 0 amide bonds. The van der Waals surface area contributed by atoms with Crippen LogP contribution in [0.25, 0.3) is 0 Å². The molecule has 0 radical (unpaired) electrons. The predicted molar refractivity (Wildman–Crippen MR) is 145 cm³/mol. The largest absolute Gasteiger partial charge is 0.405 e. The van der Waals surface area contributed by atoms with Gasteiger partial charge in [0.15, 0.2) is 6.29 Å². The maximum Gasteiger partial charge on any atom is 0.261 e. The van der Waals surface area contributed by atoms with Crippen LogP contribution >= 0.6 is 0 Å². The van der Waals surface area contributed by atoms with Gasteiger partial charge < -0.3 is 54.4 Å². The van der Waals surface area contributed by atoms with Crippen LogP contribution in [-0.2, 0) is 18.6 Å². The smallest absolute Gasteiger partial charge is 0.261 e. The van der Waals surface area contributed by atoms with Gasteiger partial charge in [-0.05, 0) is 15.4 Å². The van der Waals surface area contributed by atoms with Gasteiger partial charge in [-0.15, -0.1) is 0 Å². The van der Waals surface area contributed by atoms with Crippen LogP contribution in [0.3, 0.4) is 0 Å². The highest BCUT2D eigenvalue weighted by Crippen LogP contribution is 2.39. The number of hydrogen-bond donors (Lipinski definition) is 7. The molecule has 11 nitrogen and oxygen atoms in total. The summed E-state index contributed by atoms with van der Waals surface area (Å²) < 4.78 is 23.7. The normalized spacial score (nSPS) is 35.1. The second-order valence-electron chi connectivity index (χ2n) is 11.4. The Bertz CT molecular complexity index is 1050. The van der Waals surface area contributed by atoms with Crippen molar-refractivity contribution >= 4 is 18.7 Å². The summed E-state index contributed by atoms with van der Waals surface area (Å²) in [7, 11) is -3.06. The molecule has 12 heteroatoms. The zero-order valence-electron chi connectivity index (χ0n) is 22.8. The van der Waals surface area contributed by atoms with Crippen molar-refractivity contribution in [3.05, 3.63) is 60.7 Å². The SMILES string of the molecule is CC(C)(C)[Si](OC[C@H]1O[C@H](O[C@]2(CO)O[C@H](CO)[C@@H](O)[C@@H]2O)[C@H](O)[C@@H](O)[C@@H]1O)(c1ccccc1)c1ccccc1. The van der Waals surface area contributed by atoms with Crippen LogP contribution in [0.2, 0.25) is 5.04 Å². The van der Waals surface area contributed by atoms with E-state index in [0.717, 1.165) is 10.4 Å². The summed E-state index contributed by atoms with van der Waals surface area (Å²) >= 11 is 0. The summed E-state index contributed by atoms with van der Waals surface area (Å²) in [5.74, 6) is -2.26. The van der Waals surface area contributed by atoms with Crippen molar-refractivity contribution in [1.82, 2.24) is 0 Å². The average molecular weight is 581 g/mol. The van der Waals surface area contributed by atoms with E-state index in [-0.39, 0.29) is 11.6 Å². The summed E-state index contributed by atoms with van der Waals surface area (Å²) in [6, 6.07) is 19.6. The molecule has 0 spiro atoms. The van der Waals surface area contributed by atoms with Crippen LogP contribution in [0, 0.1) is 0 Å². The molecule has 2 aromatic carbocycles. The molecule has 9 atom stereocenters. The molecular weight excluding hydrogens is 540 g/mol. The van der Waals surface area contributed by atoms with Crippen molar-refractivity contribution < 1.29 is 54.4 Å². The van der Waals surface area contributed by atoms with E-state index in [9.17, 15) is 35.7 Å². The maximum atomic E-state index is 10.9. The van der Waals surface area contributed by atoms with Gasteiger partial charge in [0.1, 0.15) is 49.3 Å². The number of ether oxygens (including phenoxy) is 3. The van der Waals surface area contributed by atoms with E-state index in [1.165, 1.54) is 0 Å². The second kappa shape index (κ2) is 12.2. The third-order valence-corrected chi connectivity index (χ3v) is 12.8. The van der Waals surface area contributed by atoms with E-state index in [0.29, 0.717) is 0 Å². The Morgan fingerprint density at radius 2 is 1.32 bits per heavy atom. The molecule has 4 rings (SSSR count). The van der Waals surface area contributed by atoms with Crippen LogP contribution in [0.15, 0.2) is 60.7 Å². The molecule has 222 valence electrons. The lowest BCUT2D eigenvalue weighted by atomic mass is 9.99. The van der Waals surface area contributed by atoms with Crippen LogP contribution in [0.4, 0.5) is 0 Å². The molecule has 2 heterocycles. The molecule has 0 aromatic heterocycles. The molecule has 0 saturated carbocycles. The number of rotatable bonds is 9. The van der Waals surface area contributed by atoms with Gasteiger partial charge in [-0.25, -0.2) is 0 Å². The van der Waals surface area contributed by atoms with E-state index in [1.54, 1.807) is 0 Å². The Kier molecular flexibility index (Phi) is 9.52. The average Bonchev–Trinajstić information content (AvgIpc) is 3.19. The first-order chi connectivity index (χ1) is 18.9. The molecule has 0 aliphatic carbocycles. The van der Waals surface area contributed by atoms with Gasteiger partial charge in [-0.3, -0.25) is 0 Å². The summed E-state index contributed by atoms with van der Waals surface area (Å²) in [5, 5.41) is 74.0. The standard InChI is InChI=1S/C28H40O11Si/c1-27(2,3)40(17-10-6-4-7-11-17,18-12-8-5-9-13-18)36-15-20-21(31)23(33)24(34)26(37-20)39-28(16-30)25(35)22(32)19(14-29)38-28/h4-13,19-26,29-35H,14-16H2,1-3H3/t19-,20-,21-,22-,23+,24-,25+,26-,28+/m1/s1. The Morgan fingerprint density at radius 3 is 1.77 bits per heavy atom. The minimum Gasteiger partial charge on any atom is -0.405 e. The van der Waals surface area contributed by atoms with Crippen LogP contribution in [0.5, 0.6) is 0 Å². The number of hydrogen-bond acceptors (Lipinski definition) is 11. The lowest BCUT2D eigenvalue weighted by molar-refractivity contribution is -0.383. The lowest BCUT2D eigenvalue weighted by Gasteiger charge is -2.46. The fourth-order valence-electron chi connectivity index (χ4n) is 5.59. The van der Waals surface area contributed by atoms with Gasteiger partial charge >= 0.3 is 0 Å². The van der Waals surface area contributed by atoms with Crippen molar-refractivity contribution in [3.8, 4) is 0 Å².